The molecule has 22 heavy (non-hydrogen) atoms. The van der Waals surface area contributed by atoms with Gasteiger partial charge < -0.3 is 10.1 Å². The molecule has 2 heteroatoms. The Morgan fingerprint density at radius 3 is 2.23 bits per heavy atom. The summed E-state index contributed by atoms with van der Waals surface area (Å²) < 4.78 is 6.11. The fraction of sp³-hybridized carbons (Fsp3) is 0.400. The van der Waals surface area contributed by atoms with Crippen molar-refractivity contribution in [1.82, 2.24) is 0 Å². The van der Waals surface area contributed by atoms with Gasteiger partial charge in [0.25, 0.3) is 0 Å². The van der Waals surface area contributed by atoms with Crippen LogP contribution in [0, 0.1) is 27.7 Å². The van der Waals surface area contributed by atoms with Crippen LogP contribution in [0.3, 0.4) is 0 Å². The van der Waals surface area contributed by atoms with Crippen LogP contribution in [0.15, 0.2) is 36.4 Å². The van der Waals surface area contributed by atoms with Gasteiger partial charge >= 0.3 is 0 Å². The highest BCUT2D eigenvalue weighted by molar-refractivity contribution is 5.58. The Bertz CT molecular complexity index is 610. The van der Waals surface area contributed by atoms with Crippen molar-refractivity contribution in [2.45, 2.75) is 47.1 Å². The number of ether oxygens (including phenoxy) is 1. The molecule has 0 heterocycles. The van der Waals surface area contributed by atoms with Crippen LogP contribution in [0.4, 0.5) is 5.69 Å². The number of hydrogen-bond acceptors (Lipinski definition) is 2. The smallest absolute Gasteiger partial charge is 0.120 e. The third-order valence-electron chi connectivity index (χ3n) is 3.93. The van der Waals surface area contributed by atoms with Crippen LogP contribution < -0.4 is 10.1 Å². The van der Waals surface area contributed by atoms with E-state index >= 15 is 0 Å². The van der Waals surface area contributed by atoms with Crippen LogP contribution in [-0.2, 0) is 0 Å². The van der Waals surface area contributed by atoms with Crippen molar-refractivity contribution in [1.29, 1.82) is 0 Å². The molecule has 0 aliphatic carbocycles. The highest BCUT2D eigenvalue weighted by atomic mass is 16.5. The van der Waals surface area contributed by atoms with Crippen molar-refractivity contribution in [3.63, 3.8) is 0 Å². The summed E-state index contributed by atoms with van der Waals surface area (Å²) in [5, 5.41) is 3.57. The Labute approximate surface area is 134 Å². The zero-order chi connectivity index (χ0) is 16.1. The summed E-state index contributed by atoms with van der Waals surface area (Å²) in [6.45, 7) is 11.5. The molecule has 2 aromatic rings. The van der Waals surface area contributed by atoms with E-state index in [4.69, 9.17) is 4.74 Å². The zero-order valence-electron chi connectivity index (χ0n) is 14.4. The second-order valence-electron chi connectivity index (χ2n) is 6.12. The highest BCUT2D eigenvalue weighted by Gasteiger charge is 2.10. The Balaban J connectivity index is 2.02. The maximum Gasteiger partial charge on any atom is 0.120 e. The molecule has 1 atom stereocenters. The molecule has 0 aliphatic heterocycles. The van der Waals surface area contributed by atoms with Gasteiger partial charge in [0, 0.05) is 5.69 Å². The predicted octanol–water partition coefficient (Wildman–Crippen LogP) is 5.19. The molecule has 0 saturated carbocycles. The normalized spacial score (nSPS) is 12.0. The van der Waals surface area contributed by atoms with Crippen LogP contribution in [0.5, 0.6) is 5.75 Å². The van der Waals surface area contributed by atoms with Gasteiger partial charge in [-0.05, 0) is 62.9 Å². The first-order valence-electron chi connectivity index (χ1n) is 8.04. The lowest BCUT2D eigenvalue weighted by Crippen LogP contribution is -2.26. The topological polar surface area (TPSA) is 21.3 Å². The summed E-state index contributed by atoms with van der Waals surface area (Å²) in [5.41, 5.74) is 6.36. The van der Waals surface area contributed by atoms with E-state index in [1.165, 1.54) is 27.9 Å². The number of rotatable bonds is 6. The van der Waals surface area contributed by atoms with Gasteiger partial charge in [-0.25, -0.2) is 0 Å². The minimum absolute atomic E-state index is 0.168. The third kappa shape index (κ3) is 4.27. The molecule has 0 bridgehead atoms. The van der Waals surface area contributed by atoms with E-state index in [9.17, 15) is 0 Å². The Hall–Kier alpha value is -1.96. The maximum absolute atomic E-state index is 6.11. The molecule has 0 fully saturated rings. The van der Waals surface area contributed by atoms with E-state index in [1.54, 1.807) is 0 Å². The van der Waals surface area contributed by atoms with Gasteiger partial charge in [0.1, 0.15) is 11.9 Å². The van der Waals surface area contributed by atoms with Crippen LogP contribution in [-0.4, -0.2) is 12.6 Å². The number of nitrogens with one attached hydrogen (secondary N) is 1. The third-order valence-corrected chi connectivity index (χ3v) is 3.93. The summed E-state index contributed by atoms with van der Waals surface area (Å²) in [4.78, 5) is 0. The monoisotopic (exact) mass is 297 g/mol. The lowest BCUT2D eigenvalue weighted by Gasteiger charge is -2.21. The van der Waals surface area contributed by atoms with Crippen molar-refractivity contribution in [3.8, 4) is 5.75 Å². The molecule has 0 radical (unpaired) electrons. The first kappa shape index (κ1) is 16.4. The molecule has 2 aromatic carbocycles. The van der Waals surface area contributed by atoms with Crippen LogP contribution in [0.25, 0.3) is 0 Å². The van der Waals surface area contributed by atoms with Crippen LogP contribution in [0.1, 0.15) is 35.6 Å². The van der Waals surface area contributed by atoms with Crippen LogP contribution in [0.2, 0.25) is 0 Å². The summed E-state index contributed by atoms with van der Waals surface area (Å²) >= 11 is 0. The van der Waals surface area contributed by atoms with E-state index in [0.717, 1.165) is 18.7 Å². The first-order chi connectivity index (χ1) is 10.5. The van der Waals surface area contributed by atoms with E-state index in [-0.39, 0.29) is 6.10 Å². The van der Waals surface area contributed by atoms with E-state index in [0.29, 0.717) is 0 Å². The van der Waals surface area contributed by atoms with Gasteiger partial charge in [-0.2, -0.15) is 0 Å². The van der Waals surface area contributed by atoms with E-state index in [2.05, 4.69) is 64.2 Å². The predicted molar refractivity (Wildman–Crippen MR) is 95.0 cm³/mol. The Morgan fingerprint density at radius 1 is 0.955 bits per heavy atom. The average Bonchev–Trinajstić information content (AvgIpc) is 2.44. The van der Waals surface area contributed by atoms with Crippen LogP contribution >= 0.6 is 0 Å². The quantitative estimate of drug-likeness (QED) is 0.792. The fourth-order valence-corrected chi connectivity index (χ4v) is 2.83. The molecule has 0 aliphatic rings. The zero-order valence-corrected chi connectivity index (χ0v) is 14.4. The molecule has 0 aromatic heterocycles. The Morgan fingerprint density at radius 2 is 1.64 bits per heavy atom. The van der Waals surface area contributed by atoms with E-state index in [1.807, 2.05) is 12.1 Å². The molecule has 2 rings (SSSR count). The number of hydrogen-bond donors (Lipinski definition) is 1. The first-order valence-corrected chi connectivity index (χ1v) is 8.04. The van der Waals surface area contributed by atoms with Gasteiger partial charge in [0.05, 0.1) is 6.54 Å². The average molecular weight is 297 g/mol. The summed E-state index contributed by atoms with van der Waals surface area (Å²) in [6, 6.07) is 12.7. The maximum atomic E-state index is 6.11. The number of benzene rings is 2. The Kier molecular flexibility index (Phi) is 5.48. The van der Waals surface area contributed by atoms with Gasteiger partial charge in [-0.1, -0.05) is 36.8 Å². The molecule has 118 valence electrons. The van der Waals surface area contributed by atoms with E-state index < -0.39 is 0 Å². The molecular weight excluding hydrogens is 270 g/mol. The minimum Gasteiger partial charge on any atom is -0.489 e. The fourth-order valence-electron chi connectivity index (χ4n) is 2.83. The molecule has 1 unspecified atom stereocenters. The molecule has 2 nitrogen and oxygen atoms in total. The highest BCUT2D eigenvalue weighted by Crippen LogP contribution is 2.22. The SMILES string of the molecule is CCC(CNc1c(C)cc(C)cc1C)Oc1cccc(C)c1. The van der Waals surface area contributed by atoms with Gasteiger partial charge in [-0.15, -0.1) is 0 Å². The standard InChI is InChI=1S/C20H27NO/c1-6-18(22-19-9-7-8-14(2)12-19)13-21-20-16(4)10-15(3)11-17(20)5/h7-12,18,21H,6,13H2,1-5H3. The molecule has 1 N–H and O–H groups in total. The van der Waals surface area contributed by atoms with Gasteiger partial charge in [0.2, 0.25) is 0 Å². The molecular formula is C20H27NO. The summed E-state index contributed by atoms with van der Waals surface area (Å²) in [5.74, 6) is 0.950. The molecule has 0 saturated heterocycles. The molecule has 0 amide bonds. The van der Waals surface area contributed by atoms with Crippen molar-refractivity contribution < 1.29 is 4.74 Å². The molecule has 0 spiro atoms. The van der Waals surface area contributed by atoms with Crippen molar-refractivity contribution in [2.75, 3.05) is 11.9 Å². The number of anilines is 1. The summed E-state index contributed by atoms with van der Waals surface area (Å²) in [7, 11) is 0. The van der Waals surface area contributed by atoms with Crippen molar-refractivity contribution in [2.24, 2.45) is 0 Å². The van der Waals surface area contributed by atoms with Gasteiger partial charge in [-0.3, -0.25) is 0 Å². The number of aryl methyl sites for hydroxylation is 4. The summed E-state index contributed by atoms with van der Waals surface area (Å²) in [6.07, 6.45) is 1.15. The lowest BCUT2D eigenvalue weighted by atomic mass is 10.0. The second-order valence-corrected chi connectivity index (χ2v) is 6.12. The largest absolute Gasteiger partial charge is 0.489 e. The lowest BCUT2D eigenvalue weighted by molar-refractivity contribution is 0.210. The second kappa shape index (κ2) is 7.35. The minimum atomic E-state index is 0.168. The van der Waals surface area contributed by atoms with Gasteiger partial charge in [0.15, 0.2) is 0 Å². The van der Waals surface area contributed by atoms with Crippen molar-refractivity contribution >= 4 is 5.69 Å². The van der Waals surface area contributed by atoms with Crippen molar-refractivity contribution in [3.05, 3.63) is 58.7 Å².